The molecule has 0 atom stereocenters. The van der Waals surface area contributed by atoms with E-state index in [1.165, 1.54) is 0 Å². The molecule has 0 aromatic heterocycles. The molecule has 2 aromatic rings. The summed E-state index contributed by atoms with van der Waals surface area (Å²) >= 11 is 5.84. The fourth-order valence-corrected chi connectivity index (χ4v) is 2.45. The van der Waals surface area contributed by atoms with Crippen molar-refractivity contribution in [3.63, 3.8) is 0 Å². The van der Waals surface area contributed by atoms with Crippen LogP contribution >= 0.6 is 11.6 Å². The Bertz CT molecular complexity index is 758. The van der Waals surface area contributed by atoms with Gasteiger partial charge in [-0.05, 0) is 48.9 Å². The Morgan fingerprint density at radius 3 is 2.32 bits per heavy atom. The third kappa shape index (κ3) is 4.97. The van der Waals surface area contributed by atoms with Gasteiger partial charge in [-0.3, -0.25) is 9.59 Å². The second kappa shape index (κ2) is 8.53. The van der Waals surface area contributed by atoms with Gasteiger partial charge in [-0.2, -0.15) is 0 Å². The molecule has 0 spiro atoms. The minimum Gasteiger partial charge on any atom is -0.377 e. The van der Waals surface area contributed by atoms with E-state index in [2.05, 4.69) is 10.6 Å². The average molecular weight is 360 g/mol. The van der Waals surface area contributed by atoms with Gasteiger partial charge in [-0.15, -0.1) is 0 Å². The van der Waals surface area contributed by atoms with E-state index in [0.717, 1.165) is 12.1 Å². The number of benzene rings is 2. The number of carbonyl (C=O) groups excluding carboxylic acids is 2. The summed E-state index contributed by atoms with van der Waals surface area (Å²) in [5, 5.41) is 6.26. The van der Waals surface area contributed by atoms with Crippen molar-refractivity contribution in [3.05, 3.63) is 58.6 Å². The summed E-state index contributed by atoms with van der Waals surface area (Å²) < 4.78 is 0. The molecule has 5 nitrogen and oxygen atoms in total. The number of carbonyl (C=O) groups is 2. The number of anilines is 2. The Morgan fingerprint density at radius 2 is 1.72 bits per heavy atom. The molecule has 2 aromatic carbocycles. The van der Waals surface area contributed by atoms with E-state index in [1.807, 2.05) is 32.0 Å². The normalized spacial score (nSPS) is 10.2. The van der Waals surface area contributed by atoms with Crippen LogP contribution in [0.3, 0.4) is 0 Å². The first-order valence-electron chi connectivity index (χ1n) is 8.09. The summed E-state index contributed by atoms with van der Waals surface area (Å²) in [6, 6.07) is 11.9. The van der Waals surface area contributed by atoms with Crippen LogP contribution in [0.5, 0.6) is 0 Å². The smallest absolute Gasteiger partial charge is 0.255 e. The van der Waals surface area contributed by atoms with E-state index in [1.54, 1.807) is 36.4 Å². The Labute approximate surface area is 153 Å². The fraction of sp³-hybridized carbons (Fsp3) is 0.263. The highest BCUT2D eigenvalue weighted by Crippen LogP contribution is 2.23. The Balaban J connectivity index is 2.25. The van der Waals surface area contributed by atoms with Crippen LogP contribution in [0.25, 0.3) is 0 Å². The van der Waals surface area contributed by atoms with Crippen LogP contribution in [-0.4, -0.2) is 32.5 Å². The molecule has 0 unspecified atom stereocenters. The van der Waals surface area contributed by atoms with Gasteiger partial charge in [0.1, 0.15) is 0 Å². The quantitative estimate of drug-likeness (QED) is 0.824. The van der Waals surface area contributed by atoms with Gasteiger partial charge >= 0.3 is 0 Å². The zero-order valence-electron chi connectivity index (χ0n) is 14.6. The minimum absolute atomic E-state index is 0.159. The van der Waals surface area contributed by atoms with Crippen LogP contribution in [0.2, 0.25) is 5.02 Å². The maximum Gasteiger partial charge on any atom is 0.255 e. The number of nitrogens with zero attached hydrogens (tertiary/aromatic N) is 1. The summed E-state index contributed by atoms with van der Waals surface area (Å²) in [5.74, 6) is -0.415. The topological polar surface area (TPSA) is 61.4 Å². The van der Waals surface area contributed by atoms with Crippen LogP contribution in [-0.2, 0) is 0 Å². The van der Waals surface area contributed by atoms with E-state index in [0.29, 0.717) is 28.4 Å². The first-order valence-corrected chi connectivity index (χ1v) is 8.46. The lowest BCUT2D eigenvalue weighted by Gasteiger charge is -2.18. The maximum absolute atomic E-state index is 12.4. The molecule has 25 heavy (non-hydrogen) atoms. The third-order valence-electron chi connectivity index (χ3n) is 3.62. The summed E-state index contributed by atoms with van der Waals surface area (Å²) in [7, 11) is 3.75. The van der Waals surface area contributed by atoms with Crippen molar-refractivity contribution in [2.24, 2.45) is 0 Å². The Morgan fingerprint density at radius 1 is 1.04 bits per heavy atom. The number of rotatable bonds is 6. The van der Waals surface area contributed by atoms with Crippen LogP contribution in [0.15, 0.2) is 42.5 Å². The van der Waals surface area contributed by atoms with Crippen LogP contribution < -0.4 is 15.5 Å². The van der Waals surface area contributed by atoms with E-state index < -0.39 is 0 Å². The lowest BCUT2D eigenvalue weighted by molar-refractivity contribution is 0.0952. The standard InChI is InChI=1S/C19H22ClN3O2/c1-4-11-21-19(25)16-12-15(9-10-17(16)23(2)3)22-18(24)13-5-7-14(20)8-6-13/h5-10,12H,4,11H2,1-3H3,(H,21,25)(H,22,24). The van der Waals surface area contributed by atoms with E-state index in [-0.39, 0.29) is 11.8 Å². The van der Waals surface area contributed by atoms with Crippen molar-refractivity contribution in [1.82, 2.24) is 5.32 Å². The lowest BCUT2D eigenvalue weighted by atomic mass is 10.1. The van der Waals surface area contributed by atoms with Gasteiger partial charge in [0.15, 0.2) is 0 Å². The van der Waals surface area contributed by atoms with E-state index in [4.69, 9.17) is 11.6 Å². The van der Waals surface area contributed by atoms with Crippen molar-refractivity contribution >= 4 is 34.8 Å². The second-order valence-electron chi connectivity index (χ2n) is 5.84. The van der Waals surface area contributed by atoms with Gasteiger partial charge in [-0.25, -0.2) is 0 Å². The third-order valence-corrected chi connectivity index (χ3v) is 3.87. The first-order chi connectivity index (χ1) is 11.9. The Kier molecular flexibility index (Phi) is 6.42. The lowest BCUT2D eigenvalue weighted by Crippen LogP contribution is -2.26. The number of halogens is 1. The summed E-state index contributed by atoms with van der Waals surface area (Å²) in [6.07, 6.45) is 0.857. The van der Waals surface area contributed by atoms with Crippen LogP contribution in [0.4, 0.5) is 11.4 Å². The summed E-state index contributed by atoms with van der Waals surface area (Å²) in [4.78, 5) is 26.6. The monoisotopic (exact) mass is 359 g/mol. The molecular weight excluding hydrogens is 338 g/mol. The van der Waals surface area contributed by atoms with Crippen molar-refractivity contribution in [2.45, 2.75) is 13.3 Å². The zero-order chi connectivity index (χ0) is 18.4. The highest BCUT2D eigenvalue weighted by atomic mass is 35.5. The SMILES string of the molecule is CCCNC(=O)c1cc(NC(=O)c2ccc(Cl)cc2)ccc1N(C)C. The predicted octanol–water partition coefficient (Wildman–Crippen LogP) is 3.80. The van der Waals surface area contributed by atoms with E-state index in [9.17, 15) is 9.59 Å². The molecule has 0 fully saturated rings. The highest BCUT2D eigenvalue weighted by Gasteiger charge is 2.15. The van der Waals surface area contributed by atoms with Crippen molar-refractivity contribution in [2.75, 3.05) is 30.9 Å². The molecule has 132 valence electrons. The molecule has 0 aliphatic carbocycles. The average Bonchev–Trinajstić information content (AvgIpc) is 2.59. The summed E-state index contributed by atoms with van der Waals surface area (Å²) in [5.41, 5.74) is 2.37. The molecule has 0 saturated heterocycles. The minimum atomic E-state index is -0.255. The van der Waals surface area contributed by atoms with Crippen molar-refractivity contribution in [3.8, 4) is 0 Å². The fourth-order valence-electron chi connectivity index (χ4n) is 2.32. The van der Waals surface area contributed by atoms with Gasteiger partial charge in [0.05, 0.1) is 5.56 Å². The van der Waals surface area contributed by atoms with Gasteiger partial charge in [-0.1, -0.05) is 18.5 Å². The van der Waals surface area contributed by atoms with Gasteiger partial charge in [0, 0.05) is 42.6 Å². The molecule has 0 saturated carbocycles. The van der Waals surface area contributed by atoms with E-state index >= 15 is 0 Å². The molecule has 0 bridgehead atoms. The van der Waals surface area contributed by atoms with Crippen LogP contribution in [0, 0.1) is 0 Å². The van der Waals surface area contributed by atoms with Gasteiger partial charge < -0.3 is 15.5 Å². The zero-order valence-corrected chi connectivity index (χ0v) is 15.4. The second-order valence-corrected chi connectivity index (χ2v) is 6.28. The highest BCUT2D eigenvalue weighted by molar-refractivity contribution is 6.30. The molecule has 0 radical (unpaired) electrons. The summed E-state index contributed by atoms with van der Waals surface area (Å²) in [6.45, 7) is 2.60. The molecule has 0 aliphatic heterocycles. The molecule has 2 amide bonds. The Hall–Kier alpha value is -2.53. The maximum atomic E-state index is 12.4. The first kappa shape index (κ1) is 18.8. The number of nitrogens with one attached hydrogen (secondary N) is 2. The molecule has 0 heterocycles. The number of amides is 2. The van der Waals surface area contributed by atoms with Gasteiger partial charge in [0.25, 0.3) is 11.8 Å². The van der Waals surface area contributed by atoms with Crippen molar-refractivity contribution in [1.29, 1.82) is 0 Å². The number of hydrogen-bond donors (Lipinski definition) is 2. The largest absolute Gasteiger partial charge is 0.377 e. The molecule has 2 rings (SSSR count). The molecular formula is C19H22ClN3O2. The molecule has 0 aliphatic rings. The van der Waals surface area contributed by atoms with Gasteiger partial charge in [0.2, 0.25) is 0 Å². The predicted molar refractivity (Wildman–Crippen MR) is 103 cm³/mol. The molecule has 6 heteroatoms. The van der Waals surface area contributed by atoms with Crippen LogP contribution in [0.1, 0.15) is 34.1 Å². The number of hydrogen-bond acceptors (Lipinski definition) is 3. The molecule has 2 N–H and O–H groups in total. The van der Waals surface area contributed by atoms with Crippen molar-refractivity contribution < 1.29 is 9.59 Å².